The van der Waals surface area contributed by atoms with Gasteiger partial charge in [0.1, 0.15) is 0 Å². The first kappa shape index (κ1) is 13.8. The van der Waals surface area contributed by atoms with Gasteiger partial charge in [0.2, 0.25) is 0 Å². The molecule has 0 saturated heterocycles. The molecule has 1 atom stereocenters. The van der Waals surface area contributed by atoms with Crippen molar-refractivity contribution in [1.29, 1.82) is 0 Å². The number of benzene rings is 1. The van der Waals surface area contributed by atoms with Gasteiger partial charge in [-0.2, -0.15) is 5.10 Å². The van der Waals surface area contributed by atoms with E-state index in [1.165, 1.54) is 11.1 Å². The summed E-state index contributed by atoms with van der Waals surface area (Å²) in [7, 11) is 1.74. The van der Waals surface area contributed by atoms with Crippen LogP contribution in [0.25, 0.3) is 11.3 Å². The van der Waals surface area contributed by atoms with E-state index in [4.69, 9.17) is 4.74 Å². The zero-order valence-electron chi connectivity index (χ0n) is 11.5. The minimum Gasteiger partial charge on any atom is -0.384 e. The van der Waals surface area contributed by atoms with Crippen LogP contribution in [0.15, 0.2) is 36.5 Å². The summed E-state index contributed by atoms with van der Waals surface area (Å²) >= 11 is 0. The summed E-state index contributed by atoms with van der Waals surface area (Å²) < 4.78 is 5.13. The van der Waals surface area contributed by atoms with Gasteiger partial charge in [-0.3, -0.25) is 5.10 Å². The van der Waals surface area contributed by atoms with Gasteiger partial charge in [0, 0.05) is 32.4 Å². The second-order valence-electron chi connectivity index (χ2n) is 4.83. The predicted molar refractivity (Wildman–Crippen MR) is 76.8 cm³/mol. The highest BCUT2D eigenvalue weighted by atomic mass is 16.5. The van der Waals surface area contributed by atoms with Crippen molar-refractivity contribution in [3.63, 3.8) is 0 Å². The third-order valence-electron chi connectivity index (χ3n) is 3.04. The van der Waals surface area contributed by atoms with E-state index >= 15 is 0 Å². The van der Waals surface area contributed by atoms with Crippen LogP contribution >= 0.6 is 0 Å². The molecule has 0 fully saturated rings. The number of aromatic amines is 1. The van der Waals surface area contributed by atoms with Crippen molar-refractivity contribution >= 4 is 0 Å². The number of nitrogens with one attached hydrogen (secondary N) is 2. The number of hydrogen-bond acceptors (Lipinski definition) is 3. The lowest BCUT2D eigenvalue weighted by atomic mass is 10.1. The summed E-state index contributed by atoms with van der Waals surface area (Å²) in [6.07, 6.45) is 1.89. The van der Waals surface area contributed by atoms with Gasteiger partial charge in [0.05, 0.1) is 11.9 Å². The molecule has 1 heterocycles. The summed E-state index contributed by atoms with van der Waals surface area (Å²) in [4.78, 5) is 0. The second-order valence-corrected chi connectivity index (χ2v) is 4.83. The molecule has 0 aliphatic rings. The van der Waals surface area contributed by atoms with Crippen LogP contribution < -0.4 is 5.32 Å². The predicted octanol–water partition coefficient (Wildman–Crippen LogP) is 2.45. The first-order valence-corrected chi connectivity index (χ1v) is 6.58. The van der Waals surface area contributed by atoms with Crippen molar-refractivity contribution in [1.82, 2.24) is 15.5 Å². The molecule has 1 unspecified atom stereocenters. The average Bonchev–Trinajstić information content (AvgIpc) is 2.88. The van der Waals surface area contributed by atoms with Crippen LogP contribution in [0.3, 0.4) is 0 Å². The highest BCUT2D eigenvalue weighted by Crippen LogP contribution is 2.20. The Balaban J connectivity index is 1.94. The lowest BCUT2D eigenvalue weighted by Gasteiger charge is -2.11. The highest BCUT2D eigenvalue weighted by Gasteiger charge is 2.07. The second kappa shape index (κ2) is 7.07. The summed E-state index contributed by atoms with van der Waals surface area (Å²) in [5.41, 5.74) is 3.45. The number of hydrogen-bond donors (Lipinski definition) is 2. The third kappa shape index (κ3) is 3.91. The normalized spacial score (nSPS) is 12.5. The van der Waals surface area contributed by atoms with Crippen molar-refractivity contribution in [2.45, 2.75) is 13.5 Å². The zero-order valence-corrected chi connectivity index (χ0v) is 11.5. The maximum Gasteiger partial charge on any atom is 0.0695 e. The van der Waals surface area contributed by atoms with Crippen LogP contribution in [0.2, 0.25) is 0 Å². The smallest absolute Gasteiger partial charge is 0.0695 e. The van der Waals surface area contributed by atoms with E-state index in [1.807, 2.05) is 24.4 Å². The molecule has 2 rings (SSSR count). The SMILES string of the molecule is COCC(C)CNCc1cn[nH]c1-c1ccccc1. The Hall–Kier alpha value is -1.65. The molecule has 0 radical (unpaired) electrons. The number of rotatable bonds is 7. The molecule has 2 aromatic rings. The molecule has 0 saturated carbocycles. The van der Waals surface area contributed by atoms with Crippen LogP contribution in [0, 0.1) is 5.92 Å². The first-order chi connectivity index (χ1) is 9.31. The summed E-state index contributed by atoms with van der Waals surface area (Å²) in [6, 6.07) is 10.3. The molecule has 0 amide bonds. The Morgan fingerprint density at radius 2 is 2.11 bits per heavy atom. The summed E-state index contributed by atoms with van der Waals surface area (Å²) in [5, 5.41) is 10.7. The monoisotopic (exact) mass is 259 g/mol. The fourth-order valence-electron chi connectivity index (χ4n) is 2.10. The van der Waals surface area contributed by atoms with Gasteiger partial charge in [-0.25, -0.2) is 0 Å². The Bertz CT molecular complexity index is 481. The Labute approximate surface area is 114 Å². The number of nitrogens with zero attached hydrogens (tertiary/aromatic N) is 1. The quantitative estimate of drug-likeness (QED) is 0.803. The fraction of sp³-hybridized carbons (Fsp3) is 0.400. The molecule has 1 aromatic carbocycles. The van der Waals surface area contributed by atoms with Gasteiger partial charge in [0.25, 0.3) is 0 Å². The van der Waals surface area contributed by atoms with E-state index in [0.29, 0.717) is 5.92 Å². The number of ether oxygens (including phenoxy) is 1. The molecule has 1 aromatic heterocycles. The molecule has 4 heteroatoms. The molecule has 0 bridgehead atoms. The van der Waals surface area contributed by atoms with Gasteiger partial charge in [0.15, 0.2) is 0 Å². The van der Waals surface area contributed by atoms with Gasteiger partial charge < -0.3 is 10.1 Å². The van der Waals surface area contributed by atoms with Gasteiger partial charge in [-0.1, -0.05) is 37.3 Å². The number of methoxy groups -OCH3 is 1. The molecule has 0 aliphatic heterocycles. The number of aromatic nitrogens is 2. The van der Waals surface area contributed by atoms with Crippen molar-refractivity contribution in [2.24, 2.45) is 5.92 Å². The maximum absolute atomic E-state index is 5.13. The van der Waals surface area contributed by atoms with E-state index in [1.54, 1.807) is 7.11 Å². The van der Waals surface area contributed by atoms with Crippen LogP contribution in [0.5, 0.6) is 0 Å². The number of H-pyrrole nitrogens is 1. The Morgan fingerprint density at radius 3 is 2.84 bits per heavy atom. The van der Waals surface area contributed by atoms with E-state index in [-0.39, 0.29) is 0 Å². The molecule has 4 nitrogen and oxygen atoms in total. The third-order valence-corrected chi connectivity index (χ3v) is 3.04. The van der Waals surface area contributed by atoms with E-state index in [9.17, 15) is 0 Å². The molecule has 2 N–H and O–H groups in total. The Morgan fingerprint density at radius 1 is 1.32 bits per heavy atom. The van der Waals surface area contributed by atoms with Gasteiger partial charge >= 0.3 is 0 Å². The minimum absolute atomic E-state index is 0.511. The lowest BCUT2D eigenvalue weighted by Crippen LogP contribution is -2.23. The van der Waals surface area contributed by atoms with Crippen LogP contribution in [0.4, 0.5) is 0 Å². The van der Waals surface area contributed by atoms with Crippen molar-refractivity contribution in [3.05, 3.63) is 42.1 Å². The summed E-state index contributed by atoms with van der Waals surface area (Å²) in [5.74, 6) is 0.511. The molecule has 102 valence electrons. The highest BCUT2D eigenvalue weighted by molar-refractivity contribution is 5.62. The lowest BCUT2D eigenvalue weighted by molar-refractivity contribution is 0.158. The van der Waals surface area contributed by atoms with Crippen LogP contribution in [-0.2, 0) is 11.3 Å². The average molecular weight is 259 g/mol. The largest absolute Gasteiger partial charge is 0.384 e. The standard InChI is InChI=1S/C15H21N3O/c1-12(11-19-2)8-16-9-14-10-17-18-15(14)13-6-4-3-5-7-13/h3-7,10,12,16H,8-9,11H2,1-2H3,(H,17,18). The van der Waals surface area contributed by atoms with Crippen LogP contribution in [-0.4, -0.2) is 30.5 Å². The van der Waals surface area contributed by atoms with Crippen molar-refractivity contribution < 1.29 is 4.74 Å². The van der Waals surface area contributed by atoms with Crippen molar-refractivity contribution in [3.8, 4) is 11.3 Å². The van der Waals surface area contributed by atoms with Gasteiger partial charge in [-0.15, -0.1) is 0 Å². The van der Waals surface area contributed by atoms with Crippen molar-refractivity contribution in [2.75, 3.05) is 20.3 Å². The molecular weight excluding hydrogens is 238 g/mol. The van der Waals surface area contributed by atoms with E-state index in [2.05, 4.69) is 34.6 Å². The molecule has 19 heavy (non-hydrogen) atoms. The fourth-order valence-corrected chi connectivity index (χ4v) is 2.10. The molecule has 0 spiro atoms. The van der Waals surface area contributed by atoms with E-state index < -0.39 is 0 Å². The van der Waals surface area contributed by atoms with Gasteiger partial charge in [-0.05, 0) is 11.5 Å². The summed E-state index contributed by atoms with van der Waals surface area (Å²) in [6.45, 7) is 4.70. The topological polar surface area (TPSA) is 49.9 Å². The molecule has 0 aliphatic carbocycles. The maximum atomic E-state index is 5.13. The Kier molecular flexibility index (Phi) is 5.12. The van der Waals surface area contributed by atoms with E-state index in [0.717, 1.165) is 25.4 Å². The zero-order chi connectivity index (χ0) is 13.5. The molecular formula is C15H21N3O. The first-order valence-electron chi connectivity index (χ1n) is 6.58. The van der Waals surface area contributed by atoms with Crippen LogP contribution in [0.1, 0.15) is 12.5 Å². The minimum atomic E-state index is 0.511.